The first-order chi connectivity index (χ1) is 17.3. The third-order valence-electron chi connectivity index (χ3n) is 5.27. The lowest BCUT2D eigenvalue weighted by atomic mass is 10.1. The number of benzene rings is 1. The molecule has 1 atom stereocenters. The highest BCUT2D eigenvalue weighted by Crippen LogP contribution is 2.21. The SMILES string of the molecule is C=C(COC)OC.C=CSc1ccccc1C.CC.COC/C=C/C(=O)N(C)CCC1CCCN1C. The van der Waals surface area contributed by atoms with Gasteiger partial charge in [0.25, 0.3) is 0 Å². The highest BCUT2D eigenvalue weighted by Gasteiger charge is 2.21. The fraction of sp³-hybridized carbons (Fsp3) is 0.552. The van der Waals surface area contributed by atoms with Gasteiger partial charge < -0.3 is 24.0 Å². The van der Waals surface area contributed by atoms with Crippen molar-refractivity contribution in [1.82, 2.24) is 9.80 Å². The van der Waals surface area contributed by atoms with Crippen LogP contribution in [0, 0.1) is 6.92 Å². The number of hydrogen-bond donors (Lipinski definition) is 0. The molecule has 1 heterocycles. The summed E-state index contributed by atoms with van der Waals surface area (Å²) in [4.78, 5) is 17.1. The zero-order valence-corrected chi connectivity index (χ0v) is 24.7. The zero-order chi connectivity index (χ0) is 27.8. The van der Waals surface area contributed by atoms with Crippen LogP contribution >= 0.6 is 11.8 Å². The molecule has 206 valence electrons. The van der Waals surface area contributed by atoms with Gasteiger partial charge in [-0.1, -0.05) is 63.0 Å². The predicted octanol–water partition coefficient (Wildman–Crippen LogP) is 6.18. The van der Waals surface area contributed by atoms with Gasteiger partial charge in [0.2, 0.25) is 5.91 Å². The zero-order valence-electron chi connectivity index (χ0n) is 23.9. The summed E-state index contributed by atoms with van der Waals surface area (Å²) in [6, 6.07) is 8.93. The summed E-state index contributed by atoms with van der Waals surface area (Å²) < 4.78 is 14.2. The molecule has 1 aliphatic rings. The number of rotatable bonds is 11. The number of likely N-dealkylation sites (tertiary alicyclic amines) is 1. The first kappa shape index (κ1) is 36.1. The summed E-state index contributed by atoms with van der Waals surface area (Å²) in [5.41, 5.74) is 1.31. The van der Waals surface area contributed by atoms with Crippen molar-refractivity contribution in [3.8, 4) is 0 Å². The fourth-order valence-electron chi connectivity index (χ4n) is 3.17. The Morgan fingerprint density at radius 3 is 2.36 bits per heavy atom. The van der Waals surface area contributed by atoms with E-state index in [1.165, 1.54) is 29.8 Å². The van der Waals surface area contributed by atoms with E-state index in [0.29, 0.717) is 25.0 Å². The molecule has 0 saturated carbocycles. The van der Waals surface area contributed by atoms with Gasteiger partial charge in [0.05, 0.1) is 13.7 Å². The predicted molar refractivity (Wildman–Crippen MR) is 156 cm³/mol. The first-order valence-corrected chi connectivity index (χ1v) is 13.3. The molecule has 1 unspecified atom stereocenters. The normalized spacial score (nSPS) is 14.4. The Morgan fingerprint density at radius 1 is 1.22 bits per heavy atom. The van der Waals surface area contributed by atoms with Crippen molar-refractivity contribution < 1.29 is 19.0 Å². The van der Waals surface area contributed by atoms with Crippen LogP contribution in [0.1, 0.15) is 38.7 Å². The Bertz CT molecular complexity index is 740. The summed E-state index contributed by atoms with van der Waals surface area (Å²) in [5, 5.41) is 1.85. The van der Waals surface area contributed by atoms with Gasteiger partial charge in [-0.3, -0.25) is 4.79 Å². The molecule has 0 N–H and O–H groups in total. The molecule has 1 amide bonds. The van der Waals surface area contributed by atoms with Crippen molar-refractivity contribution in [2.45, 2.75) is 51.0 Å². The second-order valence-electron chi connectivity index (χ2n) is 7.91. The molecule has 7 heteroatoms. The summed E-state index contributed by atoms with van der Waals surface area (Å²) in [6.45, 7) is 16.3. The van der Waals surface area contributed by atoms with Crippen molar-refractivity contribution in [2.24, 2.45) is 0 Å². The van der Waals surface area contributed by atoms with Gasteiger partial charge in [0.15, 0.2) is 0 Å². The molecule has 0 radical (unpaired) electrons. The Kier molecular flexibility index (Phi) is 24.7. The number of nitrogens with zero attached hydrogens (tertiary/aromatic N) is 2. The third kappa shape index (κ3) is 18.2. The Hall–Kier alpha value is -2.06. The van der Waals surface area contributed by atoms with Crippen LogP contribution in [-0.4, -0.2) is 83.5 Å². The molecule has 0 aromatic heterocycles. The van der Waals surface area contributed by atoms with Crippen LogP contribution in [0.5, 0.6) is 0 Å². The van der Waals surface area contributed by atoms with E-state index in [2.05, 4.69) is 53.6 Å². The van der Waals surface area contributed by atoms with Crippen molar-refractivity contribution in [1.29, 1.82) is 0 Å². The van der Waals surface area contributed by atoms with E-state index < -0.39 is 0 Å². The number of likely N-dealkylation sites (N-methyl/N-ethyl adjacent to an activating group) is 1. The van der Waals surface area contributed by atoms with Crippen LogP contribution in [-0.2, 0) is 19.0 Å². The second kappa shape index (κ2) is 24.6. The summed E-state index contributed by atoms with van der Waals surface area (Å²) in [6.07, 6.45) is 6.95. The molecule has 1 aromatic rings. The van der Waals surface area contributed by atoms with Crippen molar-refractivity contribution in [3.63, 3.8) is 0 Å². The van der Waals surface area contributed by atoms with E-state index in [-0.39, 0.29) is 5.91 Å². The number of carbonyl (C=O) groups excluding carboxylic acids is 1. The minimum absolute atomic E-state index is 0.0581. The van der Waals surface area contributed by atoms with E-state index in [0.717, 1.165) is 13.0 Å². The molecule has 1 fully saturated rings. The minimum Gasteiger partial charge on any atom is -0.499 e. The lowest BCUT2D eigenvalue weighted by molar-refractivity contribution is -0.125. The molecule has 1 aromatic carbocycles. The maximum atomic E-state index is 11.7. The quantitative estimate of drug-likeness (QED) is 0.196. The number of aryl methyl sites for hydroxylation is 1. The van der Waals surface area contributed by atoms with E-state index in [1.54, 1.807) is 50.1 Å². The van der Waals surface area contributed by atoms with Crippen LogP contribution in [0.25, 0.3) is 0 Å². The average molecular weight is 523 g/mol. The molecular weight excluding hydrogens is 472 g/mol. The maximum Gasteiger partial charge on any atom is 0.246 e. The van der Waals surface area contributed by atoms with Crippen molar-refractivity contribution in [3.05, 3.63) is 66.3 Å². The largest absolute Gasteiger partial charge is 0.499 e. The smallest absolute Gasteiger partial charge is 0.246 e. The number of ether oxygens (including phenoxy) is 3. The van der Waals surface area contributed by atoms with Crippen LogP contribution in [0.2, 0.25) is 0 Å². The number of amides is 1. The number of carbonyl (C=O) groups is 1. The number of methoxy groups -OCH3 is 3. The minimum atomic E-state index is 0.0581. The Balaban J connectivity index is 0. The molecule has 6 nitrogen and oxygen atoms in total. The average Bonchev–Trinajstić information content (AvgIpc) is 3.30. The Morgan fingerprint density at radius 2 is 1.89 bits per heavy atom. The van der Waals surface area contributed by atoms with Crippen LogP contribution in [0.15, 0.2) is 65.6 Å². The molecule has 0 bridgehead atoms. The highest BCUT2D eigenvalue weighted by molar-refractivity contribution is 8.02. The lowest BCUT2D eigenvalue weighted by Crippen LogP contribution is -2.32. The van der Waals surface area contributed by atoms with E-state index in [1.807, 2.05) is 38.4 Å². The highest BCUT2D eigenvalue weighted by atomic mass is 32.2. The van der Waals surface area contributed by atoms with Gasteiger partial charge in [-0.15, -0.1) is 0 Å². The number of thioether (sulfide) groups is 1. The standard InChI is InChI=1S/C13H24N2O2.C9H10S.C5H10O2.C2H6/c1-14-9-4-6-12(14)8-10-15(2)13(16)7-5-11-17-3;1-3-10-9-7-5-4-6-8(9)2;1-5(7-3)4-6-2;1-2/h5,7,12H,4,6,8-11H2,1-3H3;3-7H,1H2,2H3;1,4H2,2-3H3;1-2H3/b7-5+;;;. The van der Waals surface area contributed by atoms with Gasteiger partial charge >= 0.3 is 0 Å². The molecule has 1 saturated heterocycles. The molecule has 0 spiro atoms. The first-order valence-electron chi connectivity index (χ1n) is 12.4. The van der Waals surface area contributed by atoms with Gasteiger partial charge in [-0.2, -0.15) is 0 Å². The summed E-state index contributed by atoms with van der Waals surface area (Å²) in [7, 11) is 8.81. The van der Waals surface area contributed by atoms with Gasteiger partial charge in [-0.25, -0.2) is 0 Å². The molecule has 0 aliphatic carbocycles. The monoisotopic (exact) mass is 522 g/mol. The maximum absolute atomic E-state index is 11.7. The van der Waals surface area contributed by atoms with Crippen LogP contribution in [0.4, 0.5) is 0 Å². The van der Waals surface area contributed by atoms with Gasteiger partial charge in [0.1, 0.15) is 12.4 Å². The second-order valence-corrected chi connectivity index (χ2v) is 8.92. The number of hydrogen-bond acceptors (Lipinski definition) is 6. The van der Waals surface area contributed by atoms with E-state index in [4.69, 9.17) is 4.74 Å². The fourth-order valence-corrected chi connectivity index (χ4v) is 3.76. The summed E-state index contributed by atoms with van der Waals surface area (Å²) in [5.74, 6) is 0.713. The molecule has 2 rings (SSSR count). The molecule has 36 heavy (non-hydrogen) atoms. The Labute approximate surface area is 225 Å². The van der Waals surface area contributed by atoms with E-state index in [9.17, 15) is 4.79 Å². The van der Waals surface area contributed by atoms with Crippen molar-refractivity contribution in [2.75, 3.05) is 61.7 Å². The van der Waals surface area contributed by atoms with Gasteiger partial charge in [-0.05, 0) is 56.8 Å². The van der Waals surface area contributed by atoms with E-state index >= 15 is 0 Å². The molecular formula is C29H50N2O4S. The van der Waals surface area contributed by atoms with Crippen LogP contribution < -0.4 is 0 Å². The molecule has 1 aliphatic heterocycles. The summed E-state index contributed by atoms with van der Waals surface area (Å²) >= 11 is 1.67. The third-order valence-corrected chi connectivity index (χ3v) is 6.15. The lowest BCUT2D eigenvalue weighted by Gasteiger charge is -2.22. The van der Waals surface area contributed by atoms with Crippen molar-refractivity contribution >= 4 is 17.7 Å². The van der Waals surface area contributed by atoms with Crippen LogP contribution in [0.3, 0.4) is 0 Å². The van der Waals surface area contributed by atoms with Gasteiger partial charge in [0, 0.05) is 44.8 Å². The topological polar surface area (TPSA) is 51.2 Å².